The van der Waals surface area contributed by atoms with Gasteiger partial charge in [-0.15, -0.1) is 0 Å². The second kappa shape index (κ2) is 7.50. The summed E-state index contributed by atoms with van der Waals surface area (Å²) in [5.74, 6) is 0.175. The third-order valence-electron chi connectivity index (χ3n) is 2.13. The molecule has 0 aliphatic heterocycles. The van der Waals surface area contributed by atoms with E-state index in [1.165, 1.54) is 6.92 Å². The van der Waals surface area contributed by atoms with E-state index in [0.717, 1.165) is 19.3 Å². The second-order valence-corrected chi connectivity index (χ2v) is 3.43. The molecule has 0 fully saturated rings. The lowest BCUT2D eigenvalue weighted by molar-refractivity contribution is -0.120. The number of nitrogens with one attached hydrogen (secondary N) is 2. The smallest absolute Gasteiger partial charge is 0.216 e. The molecule has 0 rings (SSSR count). The zero-order chi connectivity index (χ0) is 11.0. The van der Waals surface area contributed by atoms with E-state index in [1.54, 1.807) is 14.0 Å². The van der Waals surface area contributed by atoms with Crippen LogP contribution >= 0.6 is 0 Å². The fourth-order valence-electron chi connectivity index (χ4n) is 1.29. The summed E-state index contributed by atoms with van der Waals surface area (Å²) in [5.41, 5.74) is 0. The molecule has 0 heterocycles. The monoisotopic (exact) mass is 200 g/mol. The van der Waals surface area contributed by atoms with E-state index < -0.39 is 0 Å². The highest BCUT2D eigenvalue weighted by molar-refractivity contribution is 5.81. The van der Waals surface area contributed by atoms with Crippen molar-refractivity contribution in [3.05, 3.63) is 0 Å². The lowest BCUT2D eigenvalue weighted by Gasteiger charge is -2.11. The third kappa shape index (κ3) is 6.60. The van der Waals surface area contributed by atoms with Crippen molar-refractivity contribution in [2.75, 3.05) is 13.6 Å². The van der Waals surface area contributed by atoms with E-state index >= 15 is 0 Å². The highest BCUT2D eigenvalue weighted by Gasteiger charge is 2.09. The molecule has 0 bridgehead atoms. The Labute approximate surface area is 85.4 Å². The van der Waals surface area contributed by atoms with Crippen molar-refractivity contribution >= 4 is 11.7 Å². The average Bonchev–Trinajstić information content (AvgIpc) is 2.10. The van der Waals surface area contributed by atoms with Crippen LogP contribution in [0.15, 0.2) is 0 Å². The number of amides is 1. The molecule has 0 aromatic heterocycles. The van der Waals surface area contributed by atoms with Crippen LogP contribution in [0.25, 0.3) is 0 Å². The molecule has 0 aliphatic rings. The summed E-state index contributed by atoms with van der Waals surface area (Å²) in [7, 11) is 1.79. The quantitative estimate of drug-likeness (QED) is 0.587. The van der Waals surface area contributed by atoms with Gasteiger partial charge in [-0.05, 0) is 33.2 Å². The van der Waals surface area contributed by atoms with Gasteiger partial charge in [0.05, 0.1) is 6.04 Å². The topological polar surface area (TPSA) is 58.2 Å². The average molecular weight is 200 g/mol. The standard InChI is InChI=1S/C10H20N2O2/c1-8(13)10(11-3)6-4-5-7-12-9(2)14/h10-11H,4-7H2,1-3H3,(H,12,14). The summed E-state index contributed by atoms with van der Waals surface area (Å²) >= 11 is 0. The van der Waals surface area contributed by atoms with E-state index in [1.807, 2.05) is 0 Å². The van der Waals surface area contributed by atoms with Crippen LogP contribution < -0.4 is 10.6 Å². The summed E-state index contributed by atoms with van der Waals surface area (Å²) < 4.78 is 0. The van der Waals surface area contributed by atoms with Crippen molar-refractivity contribution in [1.29, 1.82) is 0 Å². The lowest BCUT2D eigenvalue weighted by Crippen LogP contribution is -2.32. The third-order valence-corrected chi connectivity index (χ3v) is 2.13. The number of ketones is 1. The van der Waals surface area contributed by atoms with Crippen molar-refractivity contribution in [1.82, 2.24) is 10.6 Å². The summed E-state index contributed by atoms with van der Waals surface area (Å²) in [6, 6.07) is -0.0349. The zero-order valence-corrected chi connectivity index (χ0v) is 9.22. The predicted molar refractivity (Wildman–Crippen MR) is 56.1 cm³/mol. The van der Waals surface area contributed by atoms with E-state index in [4.69, 9.17) is 0 Å². The SMILES string of the molecule is CNC(CCCCNC(C)=O)C(C)=O. The molecule has 2 N–H and O–H groups in total. The molecule has 0 spiro atoms. The molecule has 1 unspecified atom stereocenters. The van der Waals surface area contributed by atoms with Gasteiger partial charge >= 0.3 is 0 Å². The maximum Gasteiger partial charge on any atom is 0.216 e. The minimum atomic E-state index is -0.0349. The van der Waals surface area contributed by atoms with Gasteiger partial charge < -0.3 is 10.6 Å². The molecule has 0 saturated carbocycles. The molecular weight excluding hydrogens is 180 g/mol. The van der Waals surface area contributed by atoms with Gasteiger partial charge in [0.15, 0.2) is 0 Å². The Morgan fingerprint density at radius 2 is 1.86 bits per heavy atom. The van der Waals surface area contributed by atoms with Gasteiger partial charge in [0.25, 0.3) is 0 Å². The number of Topliss-reactive ketones (excluding diaryl/α,β-unsaturated/α-hetero) is 1. The van der Waals surface area contributed by atoms with E-state index in [9.17, 15) is 9.59 Å². The normalized spacial score (nSPS) is 12.2. The van der Waals surface area contributed by atoms with Crippen LogP contribution in [-0.4, -0.2) is 31.3 Å². The molecule has 4 nitrogen and oxygen atoms in total. The molecule has 0 aromatic carbocycles. The fraction of sp³-hybridized carbons (Fsp3) is 0.800. The van der Waals surface area contributed by atoms with Crippen molar-refractivity contribution in [2.24, 2.45) is 0 Å². The molecule has 14 heavy (non-hydrogen) atoms. The summed E-state index contributed by atoms with van der Waals surface area (Å²) in [6.07, 6.45) is 2.71. The van der Waals surface area contributed by atoms with E-state index in [-0.39, 0.29) is 17.7 Å². The molecule has 1 amide bonds. The minimum Gasteiger partial charge on any atom is -0.356 e. The molecular formula is C10H20N2O2. The van der Waals surface area contributed by atoms with Gasteiger partial charge in [-0.3, -0.25) is 9.59 Å². The van der Waals surface area contributed by atoms with Crippen LogP contribution in [0.1, 0.15) is 33.1 Å². The molecule has 0 saturated heterocycles. The van der Waals surface area contributed by atoms with Gasteiger partial charge in [0.2, 0.25) is 5.91 Å². The Morgan fingerprint density at radius 3 is 2.29 bits per heavy atom. The van der Waals surface area contributed by atoms with Crippen LogP contribution in [0, 0.1) is 0 Å². The van der Waals surface area contributed by atoms with Crippen LogP contribution in [0.5, 0.6) is 0 Å². The van der Waals surface area contributed by atoms with Crippen molar-refractivity contribution < 1.29 is 9.59 Å². The Kier molecular flexibility index (Phi) is 7.02. The van der Waals surface area contributed by atoms with E-state index in [0.29, 0.717) is 6.54 Å². The molecule has 82 valence electrons. The summed E-state index contributed by atoms with van der Waals surface area (Å²) in [6.45, 7) is 3.80. The van der Waals surface area contributed by atoms with Gasteiger partial charge in [-0.25, -0.2) is 0 Å². The van der Waals surface area contributed by atoms with Crippen molar-refractivity contribution in [2.45, 2.75) is 39.2 Å². The Hall–Kier alpha value is -0.900. The van der Waals surface area contributed by atoms with Gasteiger partial charge in [-0.2, -0.15) is 0 Å². The minimum absolute atomic E-state index is 0.00161. The first-order valence-corrected chi connectivity index (χ1v) is 5.00. The maximum atomic E-state index is 11.0. The molecule has 0 aliphatic carbocycles. The summed E-state index contributed by atoms with van der Waals surface area (Å²) in [5, 5.41) is 5.69. The molecule has 4 heteroatoms. The Balaban J connectivity index is 3.42. The van der Waals surface area contributed by atoms with E-state index in [2.05, 4.69) is 10.6 Å². The Morgan fingerprint density at radius 1 is 1.21 bits per heavy atom. The fourth-order valence-corrected chi connectivity index (χ4v) is 1.29. The second-order valence-electron chi connectivity index (χ2n) is 3.43. The number of hydrogen-bond acceptors (Lipinski definition) is 3. The predicted octanol–water partition coefficient (Wildman–Crippen LogP) is 0.470. The highest BCUT2D eigenvalue weighted by Crippen LogP contribution is 2.00. The summed E-state index contributed by atoms with van der Waals surface area (Å²) in [4.78, 5) is 21.5. The molecule has 0 aromatic rings. The lowest BCUT2D eigenvalue weighted by atomic mass is 10.1. The van der Waals surface area contributed by atoms with Crippen LogP contribution in [0.2, 0.25) is 0 Å². The Bertz CT molecular complexity index is 193. The van der Waals surface area contributed by atoms with Crippen LogP contribution in [-0.2, 0) is 9.59 Å². The number of likely N-dealkylation sites (N-methyl/N-ethyl adjacent to an activating group) is 1. The van der Waals surface area contributed by atoms with Crippen LogP contribution in [0.4, 0.5) is 0 Å². The number of rotatable bonds is 7. The van der Waals surface area contributed by atoms with Gasteiger partial charge in [-0.1, -0.05) is 0 Å². The maximum absolute atomic E-state index is 11.0. The first-order valence-electron chi connectivity index (χ1n) is 5.00. The number of unbranched alkanes of at least 4 members (excludes halogenated alkanes) is 1. The number of carbonyl (C=O) groups is 2. The van der Waals surface area contributed by atoms with Crippen molar-refractivity contribution in [3.8, 4) is 0 Å². The molecule has 1 atom stereocenters. The first kappa shape index (κ1) is 13.1. The number of hydrogen-bond donors (Lipinski definition) is 2. The number of carbonyl (C=O) groups excluding carboxylic acids is 2. The van der Waals surface area contributed by atoms with Crippen molar-refractivity contribution in [3.63, 3.8) is 0 Å². The zero-order valence-electron chi connectivity index (χ0n) is 9.22. The van der Waals surface area contributed by atoms with Gasteiger partial charge in [0.1, 0.15) is 5.78 Å². The van der Waals surface area contributed by atoms with Gasteiger partial charge in [0, 0.05) is 13.5 Å². The highest BCUT2D eigenvalue weighted by atomic mass is 16.1. The largest absolute Gasteiger partial charge is 0.356 e. The first-order chi connectivity index (χ1) is 6.57. The molecule has 0 radical (unpaired) electrons. The van der Waals surface area contributed by atoms with Crippen LogP contribution in [0.3, 0.4) is 0 Å².